The highest BCUT2D eigenvalue weighted by Gasteiger charge is 2.32. The highest BCUT2D eigenvalue weighted by molar-refractivity contribution is 6.31. The van der Waals surface area contributed by atoms with Crippen LogP contribution in [0.15, 0.2) is 0 Å². The topological polar surface area (TPSA) is 38.7 Å². The Labute approximate surface area is 99.2 Å². The third-order valence-electron chi connectivity index (χ3n) is 3.08. The maximum atomic E-state index is 5.78. The van der Waals surface area contributed by atoms with Crippen LogP contribution in [-0.4, -0.2) is 15.0 Å². The van der Waals surface area contributed by atoms with Gasteiger partial charge in [0.2, 0.25) is 10.6 Å². The Hall–Kier alpha value is -0.410. The normalized spacial score (nSPS) is 20.2. The van der Waals surface area contributed by atoms with Crippen LogP contribution in [0.3, 0.4) is 0 Å². The van der Waals surface area contributed by atoms with E-state index in [2.05, 4.69) is 21.9 Å². The Bertz CT molecular complexity index is 341. The standard InChI is InChI=1S/C10H13Cl2N3/c1-10(5-3-2-4-6-10)7-13-8(11)15-9(12)14-7/h2-6H2,1H3. The summed E-state index contributed by atoms with van der Waals surface area (Å²) in [5, 5.41) is 0.383. The summed E-state index contributed by atoms with van der Waals surface area (Å²) < 4.78 is 0. The fourth-order valence-electron chi connectivity index (χ4n) is 2.15. The molecule has 82 valence electrons. The summed E-state index contributed by atoms with van der Waals surface area (Å²) in [6, 6.07) is 0. The van der Waals surface area contributed by atoms with Gasteiger partial charge >= 0.3 is 0 Å². The van der Waals surface area contributed by atoms with Crippen molar-refractivity contribution in [2.45, 2.75) is 44.4 Å². The number of halogens is 2. The predicted molar refractivity (Wildman–Crippen MR) is 60.3 cm³/mol. The van der Waals surface area contributed by atoms with Crippen LogP contribution in [0, 0.1) is 0 Å². The second-order valence-corrected chi connectivity index (χ2v) is 4.99. The Morgan fingerprint density at radius 3 is 2.00 bits per heavy atom. The van der Waals surface area contributed by atoms with E-state index in [4.69, 9.17) is 23.2 Å². The first kappa shape index (κ1) is 11.1. The third kappa shape index (κ3) is 2.40. The minimum absolute atomic E-state index is 0.0223. The molecule has 2 rings (SSSR count). The Balaban J connectivity index is 2.34. The molecule has 0 atom stereocenters. The van der Waals surface area contributed by atoms with Crippen molar-refractivity contribution < 1.29 is 0 Å². The van der Waals surface area contributed by atoms with Gasteiger partial charge in [-0.2, -0.15) is 4.98 Å². The average Bonchev–Trinajstić information content (AvgIpc) is 2.17. The molecule has 1 heterocycles. The largest absolute Gasteiger partial charge is 0.226 e. The molecule has 0 saturated heterocycles. The lowest BCUT2D eigenvalue weighted by Gasteiger charge is -2.31. The van der Waals surface area contributed by atoms with E-state index in [0.29, 0.717) is 0 Å². The van der Waals surface area contributed by atoms with E-state index in [0.717, 1.165) is 18.7 Å². The predicted octanol–water partition coefficient (Wildman–Crippen LogP) is 3.40. The van der Waals surface area contributed by atoms with Gasteiger partial charge in [-0.25, -0.2) is 9.97 Å². The molecule has 5 heteroatoms. The van der Waals surface area contributed by atoms with Crippen molar-refractivity contribution in [3.05, 3.63) is 16.4 Å². The van der Waals surface area contributed by atoms with Crippen molar-refractivity contribution in [3.8, 4) is 0 Å². The van der Waals surface area contributed by atoms with Gasteiger partial charge in [0.15, 0.2) is 0 Å². The van der Waals surface area contributed by atoms with Gasteiger partial charge in [0.1, 0.15) is 5.82 Å². The lowest BCUT2D eigenvalue weighted by Crippen LogP contribution is -2.28. The zero-order valence-electron chi connectivity index (χ0n) is 8.63. The smallest absolute Gasteiger partial charge is 0.202 e. The number of aromatic nitrogens is 3. The Morgan fingerprint density at radius 1 is 0.933 bits per heavy atom. The lowest BCUT2D eigenvalue weighted by atomic mass is 9.75. The molecule has 3 nitrogen and oxygen atoms in total. The molecule has 1 aromatic heterocycles. The van der Waals surface area contributed by atoms with Gasteiger partial charge in [-0.05, 0) is 36.0 Å². The summed E-state index contributed by atoms with van der Waals surface area (Å²) in [7, 11) is 0. The molecule has 0 unspecified atom stereocenters. The van der Waals surface area contributed by atoms with E-state index in [9.17, 15) is 0 Å². The Morgan fingerprint density at radius 2 is 1.47 bits per heavy atom. The van der Waals surface area contributed by atoms with Crippen molar-refractivity contribution in [2.75, 3.05) is 0 Å². The van der Waals surface area contributed by atoms with E-state index in [1.807, 2.05) is 0 Å². The van der Waals surface area contributed by atoms with Crippen molar-refractivity contribution in [1.82, 2.24) is 15.0 Å². The SMILES string of the molecule is CC1(c2nc(Cl)nc(Cl)n2)CCCCC1. The molecule has 15 heavy (non-hydrogen) atoms. The lowest BCUT2D eigenvalue weighted by molar-refractivity contribution is 0.303. The maximum absolute atomic E-state index is 5.78. The molecule has 1 saturated carbocycles. The molecule has 0 bridgehead atoms. The van der Waals surface area contributed by atoms with Gasteiger partial charge in [-0.3, -0.25) is 0 Å². The molecule has 0 aromatic carbocycles. The third-order valence-corrected chi connectivity index (χ3v) is 3.42. The molecular weight excluding hydrogens is 233 g/mol. The molecule has 1 aliphatic rings. The van der Waals surface area contributed by atoms with Crippen LogP contribution < -0.4 is 0 Å². The van der Waals surface area contributed by atoms with Crippen LogP contribution in [0.2, 0.25) is 10.6 Å². The number of hydrogen-bond donors (Lipinski definition) is 0. The highest BCUT2D eigenvalue weighted by atomic mass is 35.5. The monoisotopic (exact) mass is 245 g/mol. The first-order valence-electron chi connectivity index (χ1n) is 5.18. The molecule has 1 aliphatic carbocycles. The van der Waals surface area contributed by atoms with E-state index in [-0.39, 0.29) is 16.0 Å². The highest BCUT2D eigenvalue weighted by Crippen LogP contribution is 2.37. The second-order valence-electron chi connectivity index (χ2n) is 4.32. The zero-order valence-corrected chi connectivity index (χ0v) is 10.1. The number of hydrogen-bond acceptors (Lipinski definition) is 3. The maximum Gasteiger partial charge on any atom is 0.226 e. The first-order valence-corrected chi connectivity index (χ1v) is 5.93. The van der Waals surface area contributed by atoms with Crippen LogP contribution in [0.1, 0.15) is 44.9 Å². The molecular formula is C10H13Cl2N3. The van der Waals surface area contributed by atoms with Gasteiger partial charge in [0.25, 0.3) is 0 Å². The Kier molecular flexibility index (Phi) is 3.12. The van der Waals surface area contributed by atoms with Gasteiger partial charge in [0.05, 0.1) is 0 Å². The number of nitrogens with zero attached hydrogens (tertiary/aromatic N) is 3. The molecule has 1 aromatic rings. The average molecular weight is 246 g/mol. The summed E-state index contributed by atoms with van der Waals surface area (Å²) in [5.41, 5.74) is 0.0223. The molecule has 0 amide bonds. The fraction of sp³-hybridized carbons (Fsp3) is 0.700. The molecule has 1 fully saturated rings. The minimum Gasteiger partial charge on any atom is -0.202 e. The molecule has 0 spiro atoms. The van der Waals surface area contributed by atoms with E-state index in [1.165, 1.54) is 19.3 Å². The first-order chi connectivity index (χ1) is 7.10. The summed E-state index contributed by atoms with van der Waals surface area (Å²) in [6.07, 6.45) is 5.93. The fourth-order valence-corrected chi connectivity index (χ4v) is 2.52. The van der Waals surface area contributed by atoms with Crippen molar-refractivity contribution in [2.24, 2.45) is 0 Å². The summed E-state index contributed by atoms with van der Waals surface area (Å²) in [6.45, 7) is 2.17. The second kappa shape index (κ2) is 4.22. The summed E-state index contributed by atoms with van der Waals surface area (Å²) in [5.74, 6) is 0.743. The van der Waals surface area contributed by atoms with Crippen LogP contribution in [0.4, 0.5) is 0 Å². The van der Waals surface area contributed by atoms with Gasteiger partial charge in [-0.15, -0.1) is 0 Å². The van der Waals surface area contributed by atoms with Gasteiger partial charge in [-0.1, -0.05) is 26.2 Å². The van der Waals surface area contributed by atoms with Gasteiger partial charge in [0, 0.05) is 5.41 Å². The van der Waals surface area contributed by atoms with Crippen LogP contribution >= 0.6 is 23.2 Å². The number of rotatable bonds is 1. The zero-order chi connectivity index (χ0) is 10.9. The van der Waals surface area contributed by atoms with Gasteiger partial charge < -0.3 is 0 Å². The molecule has 0 aliphatic heterocycles. The van der Waals surface area contributed by atoms with E-state index < -0.39 is 0 Å². The van der Waals surface area contributed by atoms with Crippen molar-refractivity contribution in [3.63, 3.8) is 0 Å². The van der Waals surface area contributed by atoms with E-state index in [1.54, 1.807) is 0 Å². The quantitative estimate of drug-likeness (QED) is 0.762. The molecule has 0 radical (unpaired) electrons. The van der Waals surface area contributed by atoms with Crippen LogP contribution in [-0.2, 0) is 5.41 Å². The van der Waals surface area contributed by atoms with E-state index >= 15 is 0 Å². The summed E-state index contributed by atoms with van der Waals surface area (Å²) >= 11 is 11.6. The summed E-state index contributed by atoms with van der Waals surface area (Å²) in [4.78, 5) is 12.1. The molecule has 0 N–H and O–H groups in total. The van der Waals surface area contributed by atoms with Crippen LogP contribution in [0.25, 0.3) is 0 Å². The van der Waals surface area contributed by atoms with Crippen LogP contribution in [0.5, 0.6) is 0 Å². The van der Waals surface area contributed by atoms with Crippen molar-refractivity contribution in [1.29, 1.82) is 0 Å². The van der Waals surface area contributed by atoms with Crippen molar-refractivity contribution >= 4 is 23.2 Å². The minimum atomic E-state index is 0.0223.